The predicted octanol–water partition coefficient (Wildman–Crippen LogP) is 1.20. The van der Waals surface area contributed by atoms with Crippen LogP contribution in [0.1, 0.15) is 36.0 Å². The Morgan fingerprint density at radius 3 is 2.32 bits per heavy atom. The van der Waals surface area contributed by atoms with Gasteiger partial charge in [0.05, 0.1) is 19.8 Å². The summed E-state index contributed by atoms with van der Waals surface area (Å²) in [5.74, 6) is 0.320. The molecule has 0 atom stereocenters. The van der Waals surface area contributed by atoms with Gasteiger partial charge in [-0.2, -0.15) is 0 Å². The number of carbonyl (C=O) groups is 3. The number of carbonyl (C=O) groups excluding carboxylic acids is 3. The maximum absolute atomic E-state index is 12.6. The van der Waals surface area contributed by atoms with Crippen LogP contribution in [0.15, 0.2) is 30.3 Å². The van der Waals surface area contributed by atoms with E-state index in [1.165, 1.54) is 0 Å². The number of ether oxygens (including phenoxy) is 1. The van der Waals surface area contributed by atoms with Crippen molar-refractivity contribution in [3.05, 3.63) is 35.9 Å². The first-order valence-electron chi connectivity index (χ1n) is 10.1. The van der Waals surface area contributed by atoms with Crippen LogP contribution in [-0.4, -0.2) is 62.0 Å². The van der Waals surface area contributed by atoms with Crippen molar-refractivity contribution in [3.63, 3.8) is 0 Å². The summed E-state index contributed by atoms with van der Waals surface area (Å²) in [6.07, 6.45) is 3.64. The number of hydrogen-bond donors (Lipinski definition) is 2. The summed E-state index contributed by atoms with van der Waals surface area (Å²) < 4.78 is 5.31. The lowest BCUT2D eigenvalue weighted by molar-refractivity contribution is -0.141. The normalized spacial score (nSPS) is 22.4. The molecule has 1 aromatic rings. The van der Waals surface area contributed by atoms with Crippen molar-refractivity contribution < 1.29 is 19.1 Å². The van der Waals surface area contributed by atoms with Crippen molar-refractivity contribution in [1.29, 1.82) is 0 Å². The third-order valence-electron chi connectivity index (χ3n) is 5.55. The molecule has 0 radical (unpaired) electrons. The molecule has 152 valence electrons. The molecule has 0 spiro atoms. The zero-order chi connectivity index (χ0) is 19.8. The Hall–Kier alpha value is -2.41. The molecule has 1 aromatic carbocycles. The van der Waals surface area contributed by atoms with Crippen LogP contribution in [0.5, 0.6) is 0 Å². The molecule has 7 heteroatoms. The molecule has 0 unspecified atom stereocenters. The minimum absolute atomic E-state index is 0.0292. The van der Waals surface area contributed by atoms with Crippen LogP contribution in [-0.2, 0) is 14.3 Å². The van der Waals surface area contributed by atoms with Gasteiger partial charge in [0.2, 0.25) is 11.8 Å². The third kappa shape index (κ3) is 5.79. The number of hydrogen-bond acceptors (Lipinski definition) is 4. The molecular formula is C21H29N3O4. The molecule has 1 aliphatic carbocycles. The number of rotatable bonds is 6. The lowest BCUT2D eigenvalue weighted by Crippen LogP contribution is -2.45. The summed E-state index contributed by atoms with van der Waals surface area (Å²) in [5.41, 5.74) is 0.540. The van der Waals surface area contributed by atoms with E-state index in [1.54, 1.807) is 24.3 Å². The maximum atomic E-state index is 12.6. The lowest BCUT2D eigenvalue weighted by Gasteiger charge is -2.34. The number of nitrogens with zero attached hydrogens (tertiary/aromatic N) is 1. The minimum Gasteiger partial charge on any atom is -0.378 e. The smallest absolute Gasteiger partial charge is 0.251 e. The maximum Gasteiger partial charge on any atom is 0.251 e. The van der Waals surface area contributed by atoms with Crippen molar-refractivity contribution in [2.24, 2.45) is 11.8 Å². The number of morpholine rings is 1. The van der Waals surface area contributed by atoms with Crippen molar-refractivity contribution in [1.82, 2.24) is 15.5 Å². The first-order valence-corrected chi connectivity index (χ1v) is 10.1. The van der Waals surface area contributed by atoms with Gasteiger partial charge >= 0.3 is 0 Å². The Labute approximate surface area is 165 Å². The molecule has 1 saturated carbocycles. The van der Waals surface area contributed by atoms with Gasteiger partial charge in [-0.3, -0.25) is 14.4 Å². The summed E-state index contributed by atoms with van der Waals surface area (Å²) in [5, 5.41) is 5.53. The Morgan fingerprint density at radius 1 is 0.964 bits per heavy atom. The first kappa shape index (κ1) is 20.3. The van der Waals surface area contributed by atoms with Crippen molar-refractivity contribution in [2.75, 3.05) is 39.4 Å². The minimum atomic E-state index is -0.252. The molecule has 1 aliphatic heterocycles. The molecular weight excluding hydrogens is 358 g/mol. The van der Waals surface area contributed by atoms with E-state index in [1.807, 2.05) is 11.0 Å². The quantitative estimate of drug-likeness (QED) is 0.768. The van der Waals surface area contributed by atoms with Crippen molar-refractivity contribution in [2.45, 2.75) is 25.7 Å². The predicted molar refractivity (Wildman–Crippen MR) is 105 cm³/mol. The van der Waals surface area contributed by atoms with Crippen LogP contribution in [0.3, 0.4) is 0 Å². The SMILES string of the molecule is O=C(CNC(=O)c1ccccc1)NCC1CCC(C(=O)N2CCOCC2)CC1. The summed E-state index contributed by atoms with van der Waals surface area (Å²) >= 11 is 0. The molecule has 2 fully saturated rings. The van der Waals surface area contributed by atoms with Gasteiger partial charge in [-0.05, 0) is 43.7 Å². The van der Waals surface area contributed by atoms with E-state index in [2.05, 4.69) is 10.6 Å². The zero-order valence-electron chi connectivity index (χ0n) is 16.2. The fourth-order valence-corrected chi connectivity index (χ4v) is 3.83. The molecule has 1 heterocycles. The van der Waals surface area contributed by atoms with E-state index < -0.39 is 0 Å². The van der Waals surface area contributed by atoms with Gasteiger partial charge in [0.15, 0.2) is 0 Å². The van der Waals surface area contributed by atoms with Crippen LogP contribution in [0.4, 0.5) is 0 Å². The highest BCUT2D eigenvalue weighted by atomic mass is 16.5. The summed E-state index contributed by atoms with van der Waals surface area (Å²) in [6, 6.07) is 8.84. The van der Waals surface area contributed by atoms with Gasteiger partial charge in [0.25, 0.3) is 5.91 Å². The standard InChI is InChI=1S/C21H29N3O4/c25-19(15-23-20(26)17-4-2-1-3-5-17)22-14-16-6-8-18(9-7-16)21(27)24-10-12-28-13-11-24/h1-5,16,18H,6-15H2,(H,22,25)(H,23,26). The van der Waals surface area contributed by atoms with Crippen LogP contribution in [0.2, 0.25) is 0 Å². The highest BCUT2D eigenvalue weighted by Crippen LogP contribution is 2.29. The van der Waals surface area contributed by atoms with Gasteiger partial charge in [-0.25, -0.2) is 0 Å². The molecule has 2 aliphatic rings. The van der Waals surface area contributed by atoms with Crippen LogP contribution in [0.25, 0.3) is 0 Å². The number of amides is 3. The van der Waals surface area contributed by atoms with Gasteiger partial charge in [-0.1, -0.05) is 18.2 Å². The van der Waals surface area contributed by atoms with E-state index >= 15 is 0 Å². The van der Waals surface area contributed by atoms with E-state index in [9.17, 15) is 14.4 Å². The second kappa shape index (κ2) is 10.2. The highest BCUT2D eigenvalue weighted by molar-refractivity contribution is 5.96. The first-order chi connectivity index (χ1) is 13.6. The Balaban J connectivity index is 1.32. The topological polar surface area (TPSA) is 87.7 Å². The van der Waals surface area contributed by atoms with Crippen LogP contribution < -0.4 is 10.6 Å². The zero-order valence-corrected chi connectivity index (χ0v) is 16.2. The number of benzene rings is 1. The fourth-order valence-electron chi connectivity index (χ4n) is 3.83. The summed E-state index contributed by atoms with van der Waals surface area (Å²) in [7, 11) is 0. The average molecular weight is 387 g/mol. The lowest BCUT2D eigenvalue weighted by atomic mass is 9.81. The largest absolute Gasteiger partial charge is 0.378 e. The van der Waals surface area contributed by atoms with Crippen LogP contribution in [0, 0.1) is 11.8 Å². The molecule has 1 saturated heterocycles. The van der Waals surface area contributed by atoms with Gasteiger partial charge in [-0.15, -0.1) is 0 Å². The average Bonchev–Trinajstić information content (AvgIpc) is 2.77. The fraction of sp³-hybridized carbons (Fsp3) is 0.571. The molecule has 2 N–H and O–H groups in total. The van der Waals surface area contributed by atoms with Gasteiger partial charge < -0.3 is 20.3 Å². The molecule has 3 amide bonds. The molecule has 0 aromatic heterocycles. The second-order valence-electron chi connectivity index (χ2n) is 7.51. The third-order valence-corrected chi connectivity index (χ3v) is 5.55. The van der Waals surface area contributed by atoms with E-state index in [0.29, 0.717) is 44.3 Å². The molecule has 0 bridgehead atoms. The number of nitrogens with one attached hydrogen (secondary N) is 2. The van der Waals surface area contributed by atoms with Crippen LogP contribution >= 0.6 is 0 Å². The summed E-state index contributed by atoms with van der Waals surface area (Å²) in [4.78, 5) is 38.4. The monoisotopic (exact) mass is 387 g/mol. The van der Waals surface area contributed by atoms with Crippen molar-refractivity contribution in [3.8, 4) is 0 Å². The van der Waals surface area contributed by atoms with E-state index in [-0.39, 0.29) is 30.2 Å². The highest BCUT2D eigenvalue weighted by Gasteiger charge is 2.30. The van der Waals surface area contributed by atoms with Gasteiger partial charge in [0.1, 0.15) is 0 Å². The molecule has 3 rings (SSSR count). The van der Waals surface area contributed by atoms with Gasteiger partial charge in [0, 0.05) is 31.1 Å². The Morgan fingerprint density at radius 2 is 1.64 bits per heavy atom. The summed E-state index contributed by atoms with van der Waals surface area (Å²) in [6.45, 7) is 3.23. The Bertz CT molecular complexity index is 665. The van der Waals surface area contributed by atoms with E-state index in [0.717, 1.165) is 25.7 Å². The molecule has 28 heavy (non-hydrogen) atoms. The van der Waals surface area contributed by atoms with E-state index in [4.69, 9.17) is 4.74 Å². The second-order valence-corrected chi connectivity index (χ2v) is 7.51. The van der Waals surface area contributed by atoms with Crippen molar-refractivity contribution >= 4 is 17.7 Å². The Kier molecular flexibility index (Phi) is 7.42. The molecule has 7 nitrogen and oxygen atoms in total.